The van der Waals surface area contributed by atoms with E-state index < -0.39 is 17.9 Å². The molecule has 46 heavy (non-hydrogen) atoms. The summed E-state index contributed by atoms with van der Waals surface area (Å²) in [6.07, 6.45) is 1.20. The Balaban J connectivity index is 0.00000736. The van der Waals surface area contributed by atoms with Gasteiger partial charge in [-0.3, -0.25) is 36.1 Å². The minimum atomic E-state index is -1.01. The number of hydrogen-bond acceptors (Lipinski definition) is 9. The van der Waals surface area contributed by atoms with Gasteiger partial charge in [0.1, 0.15) is 5.75 Å². The fourth-order valence-corrected chi connectivity index (χ4v) is 5.38. The number of carboxylic acid groups (broad SMARTS) is 3. The molecule has 6 N–H and O–H groups in total. The van der Waals surface area contributed by atoms with Crippen molar-refractivity contribution in [2.45, 2.75) is 18.9 Å². The summed E-state index contributed by atoms with van der Waals surface area (Å²) in [4.78, 5) is 42.2. The van der Waals surface area contributed by atoms with E-state index in [4.69, 9.17) is 12.2 Å². The number of rotatable bonds is 12. The van der Waals surface area contributed by atoms with Crippen molar-refractivity contribution in [3.63, 3.8) is 0 Å². The maximum atomic E-state index is 11.9. The number of phenols is 1. The Morgan fingerprint density at radius 2 is 1.33 bits per heavy atom. The summed E-state index contributed by atoms with van der Waals surface area (Å²) in [7, 11) is 4.05. The predicted octanol–water partition coefficient (Wildman–Crippen LogP) is 1.10. The SMILES string of the molecule is [CH2-]N1CCN(CC(=O)O)CCN(CC(=O)O)CC(Cc2ccc(NC(=S)NCCc3ccc(O)cc3)cc2)N(CC(=O)O)CC1.[Co]. The zero-order chi connectivity index (χ0) is 32.8. The Labute approximate surface area is 285 Å². The molecule has 13 nitrogen and oxygen atoms in total. The van der Waals surface area contributed by atoms with E-state index in [-0.39, 0.29) is 54.7 Å². The molecule has 2 aromatic rings. The number of carboxylic acids is 3. The average molecular weight is 703 g/mol. The van der Waals surface area contributed by atoms with E-state index in [1.165, 1.54) is 0 Å². The van der Waals surface area contributed by atoms with Crippen molar-refractivity contribution in [1.82, 2.24) is 24.9 Å². The van der Waals surface area contributed by atoms with Crippen molar-refractivity contribution in [2.24, 2.45) is 0 Å². The van der Waals surface area contributed by atoms with Gasteiger partial charge in [-0.15, -0.1) is 0 Å². The number of phenolic OH excluding ortho intramolecular Hbond substituents is 1. The minimum absolute atomic E-state index is 0. The monoisotopic (exact) mass is 702 g/mol. The molecule has 0 amide bonds. The van der Waals surface area contributed by atoms with E-state index in [1.54, 1.807) is 26.8 Å². The molecule has 15 heteroatoms. The molecular weight excluding hydrogens is 659 g/mol. The Morgan fingerprint density at radius 1 is 0.783 bits per heavy atom. The molecule has 1 saturated heterocycles. The second-order valence-corrected chi connectivity index (χ2v) is 11.5. The number of nitrogens with one attached hydrogen (secondary N) is 2. The zero-order valence-electron chi connectivity index (χ0n) is 25.6. The van der Waals surface area contributed by atoms with Gasteiger partial charge in [0.05, 0.1) is 19.6 Å². The van der Waals surface area contributed by atoms with E-state index in [0.29, 0.717) is 57.3 Å². The first-order chi connectivity index (χ1) is 21.5. The van der Waals surface area contributed by atoms with Gasteiger partial charge < -0.3 is 36.0 Å². The molecule has 0 aliphatic carbocycles. The van der Waals surface area contributed by atoms with Crippen molar-refractivity contribution in [2.75, 3.05) is 77.3 Å². The standard InChI is InChI=1S/C31H43N6O7S.Co/c1-34-12-14-35(20-28(39)40)15-16-36(21-29(41)42)19-26(37(17-13-34)22-30(43)44)18-24-2-6-25(7-3-24)33-31(45)32-11-10-23-4-8-27(38)9-5-23;/h2-9,26,38H,1,10-22H2,(H,39,40)(H,41,42)(H,43,44)(H2,32,33,45);/q-1;. The van der Waals surface area contributed by atoms with Crippen molar-refractivity contribution >= 4 is 40.9 Å². The van der Waals surface area contributed by atoms with Crippen LogP contribution in [0.1, 0.15) is 11.1 Å². The van der Waals surface area contributed by atoms with E-state index in [1.807, 2.05) is 41.3 Å². The van der Waals surface area contributed by atoms with Crippen LogP contribution in [0.4, 0.5) is 5.69 Å². The van der Waals surface area contributed by atoms with Crippen molar-refractivity contribution in [1.29, 1.82) is 0 Å². The fraction of sp³-hybridized carbons (Fsp3) is 0.452. The van der Waals surface area contributed by atoms with Crippen LogP contribution in [-0.2, 0) is 44.0 Å². The van der Waals surface area contributed by atoms with Gasteiger partial charge in [-0.2, -0.15) is 0 Å². The third kappa shape index (κ3) is 14.9. The Morgan fingerprint density at radius 3 is 1.96 bits per heavy atom. The van der Waals surface area contributed by atoms with Gasteiger partial charge in [0.15, 0.2) is 5.11 Å². The summed E-state index contributed by atoms with van der Waals surface area (Å²) < 4.78 is 0. The molecule has 1 atom stereocenters. The number of thiocarbonyl (C=S) groups is 1. The van der Waals surface area contributed by atoms with Crippen LogP contribution in [-0.4, -0.2) is 141 Å². The van der Waals surface area contributed by atoms with Crippen LogP contribution in [0.25, 0.3) is 0 Å². The van der Waals surface area contributed by atoms with E-state index in [2.05, 4.69) is 17.7 Å². The maximum absolute atomic E-state index is 11.9. The quantitative estimate of drug-likeness (QED) is 0.137. The molecule has 1 radical (unpaired) electrons. The van der Waals surface area contributed by atoms with Gasteiger partial charge in [0.25, 0.3) is 0 Å². The Bertz CT molecular complexity index is 1270. The van der Waals surface area contributed by atoms with Crippen LogP contribution in [0.15, 0.2) is 48.5 Å². The Hall–Kier alpha value is -3.31. The van der Waals surface area contributed by atoms with Crippen LogP contribution >= 0.6 is 12.2 Å². The summed E-state index contributed by atoms with van der Waals surface area (Å²) >= 11 is 5.43. The molecule has 255 valence electrons. The molecule has 1 unspecified atom stereocenters. The zero-order valence-corrected chi connectivity index (χ0v) is 27.5. The first kappa shape index (κ1) is 38.9. The third-order valence-corrected chi connectivity index (χ3v) is 7.77. The molecular formula is C31H43CoN6O7S-. The number of aromatic hydroxyl groups is 1. The fourth-order valence-electron chi connectivity index (χ4n) is 5.16. The normalized spacial score (nSPS) is 17.5. The molecule has 0 saturated carbocycles. The predicted molar refractivity (Wildman–Crippen MR) is 174 cm³/mol. The van der Waals surface area contributed by atoms with E-state index in [0.717, 1.165) is 23.2 Å². The topological polar surface area (TPSA) is 169 Å². The molecule has 1 aliphatic heterocycles. The van der Waals surface area contributed by atoms with Crippen LogP contribution in [0.2, 0.25) is 0 Å². The maximum Gasteiger partial charge on any atom is 0.317 e. The number of nitrogens with zero attached hydrogens (tertiary/aromatic N) is 4. The van der Waals surface area contributed by atoms with Crippen LogP contribution in [0.5, 0.6) is 5.75 Å². The number of aliphatic carboxylic acids is 3. The Kier molecular flexibility index (Phi) is 16.9. The van der Waals surface area contributed by atoms with Crippen LogP contribution in [0, 0.1) is 7.05 Å². The summed E-state index contributed by atoms with van der Waals surface area (Å²) in [6, 6.07) is 14.3. The first-order valence-corrected chi connectivity index (χ1v) is 15.2. The minimum Gasteiger partial charge on any atom is -0.508 e. The van der Waals surface area contributed by atoms with Crippen LogP contribution < -0.4 is 10.6 Å². The molecule has 1 fully saturated rings. The second-order valence-electron chi connectivity index (χ2n) is 11.1. The van der Waals surface area contributed by atoms with Gasteiger partial charge in [-0.25, -0.2) is 0 Å². The summed E-state index contributed by atoms with van der Waals surface area (Å²) in [5, 5.41) is 44.9. The molecule has 0 spiro atoms. The first-order valence-electron chi connectivity index (χ1n) is 14.8. The average Bonchev–Trinajstić information content (AvgIpc) is 2.97. The largest absolute Gasteiger partial charge is 0.508 e. The number of carbonyl (C=O) groups is 3. The van der Waals surface area contributed by atoms with Crippen LogP contribution in [0.3, 0.4) is 0 Å². The molecule has 1 heterocycles. The van der Waals surface area contributed by atoms with Gasteiger partial charge in [-0.1, -0.05) is 24.3 Å². The summed E-state index contributed by atoms with van der Waals surface area (Å²) in [5.41, 5.74) is 2.78. The van der Waals surface area contributed by atoms with Gasteiger partial charge >= 0.3 is 17.9 Å². The van der Waals surface area contributed by atoms with Gasteiger partial charge in [0, 0.05) is 67.8 Å². The molecule has 3 rings (SSSR count). The third-order valence-electron chi connectivity index (χ3n) is 7.53. The molecule has 1 aliphatic rings. The number of benzene rings is 2. The number of anilines is 1. The molecule has 0 bridgehead atoms. The van der Waals surface area contributed by atoms with Gasteiger partial charge in [0.2, 0.25) is 0 Å². The summed E-state index contributed by atoms with van der Waals surface area (Å²) in [6.45, 7) is 2.71. The van der Waals surface area contributed by atoms with Gasteiger partial charge in [-0.05, 0) is 73.5 Å². The second kappa shape index (κ2) is 20.0. The molecule has 2 aromatic carbocycles. The van der Waals surface area contributed by atoms with Crippen molar-refractivity contribution in [3.8, 4) is 5.75 Å². The smallest absolute Gasteiger partial charge is 0.317 e. The van der Waals surface area contributed by atoms with E-state index >= 15 is 0 Å². The van der Waals surface area contributed by atoms with Crippen molar-refractivity contribution in [3.05, 3.63) is 66.7 Å². The summed E-state index contributed by atoms with van der Waals surface area (Å²) in [5.74, 6) is -2.73. The molecule has 0 aromatic heterocycles. The van der Waals surface area contributed by atoms with E-state index in [9.17, 15) is 34.8 Å². The number of hydrogen-bond donors (Lipinski definition) is 6. The van der Waals surface area contributed by atoms with Crippen molar-refractivity contribution < 1.29 is 51.6 Å².